The Hall–Kier alpha value is -1.25. The standard InChI is InChI=1S/C17H23N3O3S2/c1-2-14-7-8-16(24-14)25(21,22)20-9-3-4-12(11-20)10-15-18-17(19-23-15)13-5-6-13/h7-8,12-13H,2-6,9-11H2,1H3. The molecule has 1 aliphatic heterocycles. The van der Waals surface area contributed by atoms with Crippen molar-refractivity contribution < 1.29 is 12.9 Å². The van der Waals surface area contributed by atoms with E-state index < -0.39 is 10.0 Å². The average molecular weight is 382 g/mol. The van der Waals surface area contributed by atoms with Gasteiger partial charge in [0.05, 0.1) is 0 Å². The summed E-state index contributed by atoms with van der Waals surface area (Å²) in [6.07, 6.45) is 5.70. The zero-order valence-electron chi connectivity index (χ0n) is 14.3. The van der Waals surface area contributed by atoms with Crippen molar-refractivity contribution in [2.45, 2.75) is 55.6 Å². The first-order valence-corrected chi connectivity index (χ1v) is 11.2. The van der Waals surface area contributed by atoms with Crippen LogP contribution in [0.3, 0.4) is 0 Å². The van der Waals surface area contributed by atoms with Crippen LogP contribution in [0.15, 0.2) is 20.9 Å². The van der Waals surface area contributed by atoms with Gasteiger partial charge in [-0.05, 0) is 50.2 Å². The number of hydrogen-bond acceptors (Lipinski definition) is 6. The largest absolute Gasteiger partial charge is 0.339 e. The Labute approximate surface area is 152 Å². The molecule has 2 aliphatic rings. The van der Waals surface area contributed by atoms with Gasteiger partial charge in [-0.25, -0.2) is 8.42 Å². The van der Waals surface area contributed by atoms with Gasteiger partial charge in [-0.1, -0.05) is 12.1 Å². The molecule has 0 N–H and O–H groups in total. The minimum atomic E-state index is -3.39. The second-order valence-electron chi connectivity index (χ2n) is 6.97. The quantitative estimate of drug-likeness (QED) is 0.768. The van der Waals surface area contributed by atoms with Crippen LogP contribution in [0.4, 0.5) is 0 Å². The van der Waals surface area contributed by atoms with Gasteiger partial charge >= 0.3 is 0 Å². The fourth-order valence-electron chi connectivity index (χ4n) is 3.33. The number of hydrogen-bond donors (Lipinski definition) is 0. The summed E-state index contributed by atoms with van der Waals surface area (Å²) in [6.45, 7) is 3.16. The molecule has 136 valence electrons. The normalized spacial score (nSPS) is 22.4. The van der Waals surface area contributed by atoms with Gasteiger partial charge < -0.3 is 4.52 Å². The van der Waals surface area contributed by atoms with Crippen LogP contribution in [0.2, 0.25) is 0 Å². The molecule has 0 amide bonds. The molecule has 1 aliphatic carbocycles. The molecular formula is C17H23N3O3S2. The molecule has 1 unspecified atom stereocenters. The van der Waals surface area contributed by atoms with E-state index in [0.717, 1.165) is 42.8 Å². The average Bonchev–Trinajstić information content (AvgIpc) is 3.16. The number of sulfonamides is 1. The van der Waals surface area contributed by atoms with Gasteiger partial charge in [-0.2, -0.15) is 9.29 Å². The van der Waals surface area contributed by atoms with Crippen molar-refractivity contribution in [3.63, 3.8) is 0 Å². The maximum absolute atomic E-state index is 12.9. The summed E-state index contributed by atoms with van der Waals surface area (Å²) in [5.74, 6) is 2.19. The van der Waals surface area contributed by atoms with Gasteiger partial charge in [0.1, 0.15) is 4.21 Å². The van der Waals surface area contributed by atoms with Crippen molar-refractivity contribution in [3.05, 3.63) is 28.7 Å². The number of thiophene rings is 1. The molecule has 0 aromatic carbocycles. The van der Waals surface area contributed by atoms with E-state index in [4.69, 9.17) is 4.52 Å². The fourth-order valence-corrected chi connectivity index (χ4v) is 6.34. The van der Waals surface area contributed by atoms with Crippen molar-refractivity contribution in [2.24, 2.45) is 5.92 Å². The number of rotatable bonds is 6. The molecule has 3 heterocycles. The van der Waals surface area contributed by atoms with Gasteiger partial charge in [0.15, 0.2) is 5.82 Å². The highest BCUT2D eigenvalue weighted by molar-refractivity contribution is 7.91. The van der Waals surface area contributed by atoms with Crippen molar-refractivity contribution in [2.75, 3.05) is 13.1 Å². The third kappa shape index (κ3) is 3.66. The van der Waals surface area contributed by atoms with Crippen LogP contribution in [0, 0.1) is 5.92 Å². The van der Waals surface area contributed by atoms with Crippen molar-refractivity contribution in [1.82, 2.24) is 14.4 Å². The van der Waals surface area contributed by atoms with Crippen molar-refractivity contribution >= 4 is 21.4 Å². The summed E-state index contributed by atoms with van der Waals surface area (Å²) < 4.78 is 33.3. The van der Waals surface area contributed by atoms with Gasteiger partial charge in [0.2, 0.25) is 5.89 Å². The Kier molecular flexibility index (Phi) is 4.68. The van der Waals surface area contributed by atoms with Crippen LogP contribution in [0.5, 0.6) is 0 Å². The molecule has 25 heavy (non-hydrogen) atoms. The lowest BCUT2D eigenvalue weighted by Crippen LogP contribution is -2.40. The first-order chi connectivity index (χ1) is 12.1. The van der Waals surface area contributed by atoms with E-state index in [1.165, 1.54) is 11.3 Å². The summed E-state index contributed by atoms with van der Waals surface area (Å²) >= 11 is 1.38. The zero-order chi connectivity index (χ0) is 17.4. The lowest BCUT2D eigenvalue weighted by Gasteiger charge is -2.30. The predicted molar refractivity (Wildman–Crippen MR) is 95.2 cm³/mol. The maximum atomic E-state index is 12.9. The van der Waals surface area contributed by atoms with Crippen LogP contribution in [0.25, 0.3) is 0 Å². The lowest BCUT2D eigenvalue weighted by molar-refractivity contribution is 0.247. The summed E-state index contributed by atoms with van der Waals surface area (Å²) in [7, 11) is -3.39. The molecule has 8 heteroatoms. The first-order valence-electron chi connectivity index (χ1n) is 8.97. The lowest BCUT2D eigenvalue weighted by atomic mass is 9.96. The summed E-state index contributed by atoms with van der Waals surface area (Å²) in [6, 6.07) is 3.65. The second-order valence-corrected chi connectivity index (χ2v) is 10.3. The smallest absolute Gasteiger partial charge is 0.252 e. The van der Waals surface area contributed by atoms with Crippen LogP contribution >= 0.6 is 11.3 Å². The highest BCUT2D eigenvalue weighted by Crippen LogP contribution is 2.38. The highest BCUT2D eigenvalue weighted by atomic mass is 32.2. The van der Waals surface area contributed by atoms with E-state index >= 15 is 0 Å². The van der Waals surface area contributed by atoms with Crippen LogP contribution in [0.1, 0.15) is 55.1 Å². The van der Waals surface area contributed by atoms with Crippen LogP contribution in [-0.4, -0.2) is 36.0 Å². The Bertz CT molecular complexity index is 839. The molecule has 0 radical (unpaired) electrons. The minimum Gasteiger partial charge on any atom is -0.339 e. The third-order valence-corrected chi connectivity index (χ3v) is 8.51. The Morgan fingerprint density at radius 1 is 1.32 bits per heavy atom. The number of piperidine rings is 1. The molecule has 2 fully saturated rings. The van der Waals surface area contributed by atoms with Crippen molar-refractivity contribution in [1.29, 1.82) is 0 Å². The van der Waals surface area contributed by atoms with Crippen molar-refractivity contribution in [3.8, 4) is 0 Å². The molecule has 1 saturated heterocycles. The highest BCUT2D eigenvalue weighted by Gasteiger charge is 2.33. The third-order valence-electron chi connectivity index (χ3n) is 4.95. The number of aryl methyl sites for hydroxylation is 1. The second kappa shape index (κ2) is 6.81. The topological polar surface area (TPSA) is 76.3 Å². The monoisotopic (exact) mass is 381 g/mol. The van der Waals surface area contributed by atoms with Crippen LogP contribution in [-0.2, 0) is 22.9 Å². The minimum absolute atomic E-state index is 0.238. The Balaban J connectivity index is 1.44. The molecule has 0 spiro atoms. The van der Waals surface area contributed by atoms with E-state index in [9.17, 15) is 8.42 Å². The summed E-state index contributed by atoms with van der Waals surface area (Å²) in [4.78, 5) is 5.58. The Morgan fingerprint density at radius 2 is 2.16 bits per heavy atom. The Morgan fingerprint density at radius 3 is 2.88 bits per heavy atom. The van der Waals surface area contributed by atoms with Crippen LogP contribution < -0.4 is 0 Å². The maximum Gasteiger partial charge on any atom is 0.252 e. The van der Waals surface area contributed by atoms with E-state index in [1.807, 2.05) is 13.0 Å². The van der Waals surface area contributed by atoms with E-state index in [-0.39, 0.29) is 5.92 Å². The molecular weight excluding hydrogens is 358 g/mol. The molecule has 6 nitrogen and oxygen atoms in total. The SMILES string of the molecule is CCc1ccc(S(=O)(=O)N2CCCC(Cc3nc(C4CC4)no3)C2)s1. The predicted octanol–water partition coefficient (Wildman–Crippen LogP) is 3.21. The molecule has 2 aromatic rings. The van der Waals surface area contributed by atoms with E-state index in [2.05, 4.69) is 10.1 Å². The molecule has 0 bridgehead atoms. The molecule has 4 rings (SSSR count). The molecule has 1 saturated carbocycles. The summed E-state index contributed by atoms with van der Waals surface area (Å²) in [5, 5.41) is 4.05. The summed E-state index contributed by atoms with van der Waals surface area (Å²) in [5.41, 5.74) is 0. The number of nitrogens with zero attached hydrogens (tertiary/aromatic N) is 3. The van der Waals surface area contributed by atoms with Gasteiger partial charge in [-0.3, -0.25) is 0 Å². The van der Waals surface area contributed by atoms with Gasteiger partial charge in [0, 0.05) is 30.3 Å². The first kappa shape index (κ1) is 17.2. The zero-order valence-corrected chi connectivity index (χ0v) is 16.0. The van der Waals surface area contributed by atoms with E-state index in [0.29, 0.717) is 35.5 Å². The fraction of sp³-hybridized carbons (Fsp3) is 0.647. The molecule has 1 atom stereocenters. The molecule has 2 aromatic heterocycles. The van der Waals surface area contributed by atoms with E-state index in [1.54, 1.807) is 10.4 Å². The van der Waals surface area contributed by atoms with Gasteiger partial charge in [-0.15, -0.1) is 11.3 Å². The van der Waals surface area contributed by atoms with Gasteiger partial charge in [0.25, 0.3) is 10.0 Å². The number of aromatic nitrogens is 2.